The van der Waals surface area contributed by atoms with Crippen LogP contribution in [-0.4, -0.2) is 34.6 Å². The number of hydrogen-bond donors (Lipinski definition) is 1. The van der Waals surface area contributed by atoms with Crippen LogP contribution < -0.4 is 5.73 Å². The summed E-state index contributed by atoms with van der Waals surface area (Å²) in [6.07, 6.45) is 3.50. The molecule has 0 saturated carbocycles. The molecular formula is C10H12N8. The fraction of sp³-hybridized carbons (Fsp3) is 0.300. The van der Waals surface area contributed by atoms with Gasteiger partial charge in [0.25, 0.3) is 0 Å². The van der Waals surface area contributed by atoms with Crippen molar-refractivity contribution in [2.45, 2.75) is 20.0 Å². The van der Waals surface area contributed by atoms with Gasteiger partial charge in [-0.2, -0.15) is 0 Å². The van der Waals surface area contributed by atoms with Crippen LogP contribution in [0.3, 0.4) is 0 Å². The van der Waals surface area contributed by atoms with E-state index in [0.29, 0.717) is 13.1 Å². The molecule has 0 amide bonds. The number of aromatic nitrogens is 7. The van der Waals surface area contributed by atoms with Crippen molar-refractivity contribution in [3.63, 3.8) is 0 Å². The molecule has 0 saturated heterocycles. The number of nitrogens with zero attached hydrogens (tertiary/aromatic N) is 7. The Morgan fingerprint density at radius 1 is 1.28 bits per heavy atom. The van der Waals surface area contributed by atoms with E-state index in [0.717, 1.165) is 22.9 Å². The molecule has 3 heterocycles. The lowest BCUT2D eigenvalue weighted by Gasteiger charge is -1.99. The number of hydrogen-bond acceptors (Lipinski definition) is 6. The molecule has 18 heavy (non-hydrogen) atoms. The highest BCUT2D eigenvalue weighted by Gasteiger charge is 2.08. The van der Waals surface area contributed by atoms with Crippen LogP contribution in [0, 0.1) is 6.92 Å². The van der Waals surface area contributed by atoms with Gasteiger partial charge in [0, 0.05) is 18.3 Å². The van der Waals surface area contributed by atoms with Gasteiger partial charge in [-0.1, -0.05) is 5.21 Å². The van der Waals surface area contributed by atoms with E-state index in [9.17, 15) is 0 Å². The van der Waals surface area contributed by atoms with Crippen LogP contribution in [-0.2, 0) is 13.1 Å². The second-order valence-electron chi connectivity index (χ2n) is 3.99. The van der Waals surface area contributed by atoms with Crippen molar-refractivity contribution in [2.75, 3.05) is 0 Å². The normalized spacial score (nSPS) is 11.2. The summed E-state index contributed by atoms with van der Waals surface area (Å²) in [5.74, 6) is 0.756. The van der Waals surface area contributed by atoms with Gasteiger partial charge >= 0.3 is 0 Å². The third kappa shape index (κ3) is 1.82. The first kappa shape index (κ1) is 10.8. The zero-order valence-electron chi connectivity index (χ0n) is 9.85. The molecule has 0 fully saturated rings. The maximum absolute atomic E-state index is 5.48. The standard InChI is InChI=1S/C10H12N8/c1-7-2-9-14-15-10(18(9)6-12-7)5-17-4-8(3-11)13-16-17/h2,4,6H,3,5,11H2,1H3. The van der Waals surface area contributed by atoms with Crippen molar-refractivity contribution >= 4 is 5.65 Å². The Kier molecular flexibility index (Phi) is 2.49. The maximum Gasteiger partial charge on any atom is 0.163 e. The summed E-state index contributed by atoms with van der Waals surface area (Å²) in [4.78, 5) is 4.22. The average Bonchev–Trinajstić information content (AvgIpc) is 2.97. The van der Waals surface area contributed by atoms with Crippen molar-refractivity contribution in [1.82, 2.24) is 34.6 Å². The zero-order valence-corrected chi connectivity index (χ0v) is 9.85. The van der Waals surface area contributed by atoms with Crippen molar-refractivity contribution < 1.29 is 0 Å². The van der Waals surface area contributed by atoms with Gasteiger partial charge in [-0.05, 0) is 6.92 Å². The molecule has 0 radical (unpaired) electrons. The Morgan fingerprint density at radius 2 is 2.17 bits per heavy atom. The molecular weight excluding hydrogens is 232 g/mol. The molecule has 3 rings (SSSR count). The molecule has 0 aliphatic carbocycles. The Bertz CT molecular complexity index is 682. The summed E-state index contributed by atoms with van der Waals surface area (Å²) in [5.41, 5.74) is 7.92. The Hall–Kier alpha value is -2.35. The van der Waals surface area contributed by atoms with Crippen molar-refractivity contribution in [1.29, 1.82) is 0 Å². The van der Waals surface area contributed by atoms with Crippen LogP contribution in [0.4, 0.5) is 0 Å². The second-order valence-corrected chi connectivity index (χ2v) is 3.99. The largest absolute Gasteiger partial charge is 0.325 e. The van der Waals surface area contributed by atoms with Gasteiger partial charge in [-0.15, -0.1) is 15.3 Å². The first-order valence-corrected chi connectivity index (χ1v) is 5.51. The van der Waals surface area contributed by atoms with Crippen molar-refractivity contribution in [3.05, 3.63) is 35.8 Å². The van der Waals surface area contributed by atoms with E-state index < -0.39 is 0 Å². The van der Waals surface area contributed by atoms with Gasteiger partial charge < -0.3 is 5.73 Å². The van der Waals surface area contributed by atoms with Crippen LogP contribution in [0.5, 0.6) is 0 Å². The number of aryl methyl sites for hydroxylation is 1. The first-order chi connectivity index (χ1) is 8.76. The minimum absolute atomic E-state index is 0.376. The Labute approximate surface area is 102 Å². The molecule has 0 bridgehead atoms. The molecule has 0 aliphatic rings. The quantitative estimate of drug-likeness (QED) is 0.668. The van der Waals surface area contributed by atoms with Crippen molar-refractivity contribution in [2.24, 2.45) is 5.73 Å². The number of rotatable bonds is 3. The van der Waals surface area contributed by atoms with Crippen molar-refractivity contribution in [3.8, 4) is 0 Å². The highest BCUT2D eigenvalue weighted by molar-refractivity contribution is 5.37. The number of nitrogens with two attached hydrogens (primary N) is 1. The molecule has 8 heteroatoms. The minimum Gasteiger partial charge on any atom is -0.325 e. The summed E-state index contributed by atoms with van der Waals surface area (Å²) in [6.45, 7) is 2.78. The van der Waals surface area contributed by atoms with Crippen LogP contribution in [0.2, 0.25) is 0 Å². The average molecular weight is 244 g/mol. The third-order valence-electron chi connectivity index (χ3n) is 2.61. The summed E-state index contributed by atoms with van der Waals surface area (Å²) >= 11 is 0. The van der Waals surface area contributed by atoms with Crippen LogP contribution in [0.15, 0.2) is 18.6 Å². The Balaban J connectivity index is 1.95. The van der Waals surface area contributed by atoms with E-state index in [-0.39, 0.29) is 0 Å². The molecule has 0 spiro atoms. The predicted octanol–water partition coefficient (Wildman–Crippen LogP) is -0.469. The zero-order chi connectivity index (χ0) is 12.5. The van der Waals surface area contributed by atoms with E-state index in [1.54, 1.807) is 17.2 Å². The Morgan fingerprint density at radius 3 is 2.94 bits per heavy atom. The summed E-state index contributed by atoms with van der Waals surface area (Å²) in [7, 11) is 0. The summed E-state index contributed by atoms with van der Waals surface area (Å²) in [5, 5.41) is 16.1. The fourth-order valence-corrected chi connectivity index (χ4v) is 1.70. The highest BCUT2D eigenvalue weighted by Crippen LogP contribution is 2.05. The topological polar surface area (TPSA) is 99.8 Å². The number of fused-ring (bicyclic) bond motifs is 1. The molecule has 0 unspecified atom stereocenters. The summed E-state index contributed by atoms with van der Waals surface area (Å²) < 4.78 is 3.51. The molecule has 0 aromatic carbocycles. The van der Waals surface area contributed by atoms with Gasteiger partial charge in [0.2, 0.25) is 0 Å². The molecule has 0 aliphatic heterocycles. The van der Waals surface area contributed by atoms with Crippen LogP contribution in [0.25, 0.3) is 5.65 Å². The van der Waals surface area contributed by atoms with Gasteiger partial charge in [-0.25, -0.2) is 9.67 Å². The third-order valence-corrected chi connectivity index (χ3v) is 2.61. The highest BCUT2D eigenvalue weighted by atomic mass is 15.4. The van der Waals surface area contributed by atoms with E-state index >= 15 is 0 Å². The molecule has 3 aromatic heterocycles. The smallest absolute Gasteiger partial charge is 0.163 e. The predicted molar refractivity (Wildman–Crippen MR) is 62.5 cm³/mol. The first-order valence-electron chi connectivity index (χ1n) is 5.51. The van der Waals surface area contributed by atoms with E-state index in [4.69, 9.17) is 5.73 Å². The van der Waals surface area contributed by atoms with Gasteiger partial charge in [0.05, 0.1) is 11.9 Å². The van der Waals surface area contributed by atoms with E-state index in [1.807, 2.05) is 17.4 Å². The lowest BCUT2D eigenvalue weighted by molar-refractivity contribution is 0.619. The lowest BCUT2D eigenvalue weighted by atomic mass is 10.4. The van der Waals surface area contributed by atoms with Crippen LogP contribution >= 0.6 is 0 Å². The van der Waals surface area contributed by atoms with Gasteiger partial charge in [0.15, 0.2) is 11.5 Å². The second kappa shape index (κ2) is 4.15. The van der Waals surface area contributed by atoms with Crippen LogP contribution in [0.1, 0.15) is 17.2 Å². The molecule has 0 atom stereocenters. The van der Waals surface area contributed by atoms with E-state index in [1.165, 1.54) is 0 Å². The monoisotopic (exact) mass is 244 g/mol. The SMILES string of the molecule is Cc1cc2nnc(Cn3cc(CN)nn3)n2cn1. The lowest BCUT2D eigenvalue weighted by Crippen LogP contribution is -2.05. The van der Waals surface area contributed by atoms with E-state index in [2.05, 4.69) is 25.5 Å². The minimum atomic E-state index is 0.376. The molecule has 2 N–H and O–H groups in total. The van der Waals surface area contributed by atoms with Gasteiger partial charge in [-0.3, -0.25) is 4.40 Å². The van der Waals surface area contributed by atoms with Gasteiger partial charge in [0.1, 0.15) is 12.9 Å². The maximum atomic E-state index is 5.48. The molecule has 3 aromatic rings. The molecule has 8 nitrogen and oxygen atoms in total. The molecule has 92 valence electrons. The fourth-order valence-electron chi connectivity index (χ4n) is 1.70. The summed E-state index contributed by atoms with van der Waals surface area (Å²) in [6, 6.07) is 1.88.